The van der Waals surface area contributed by atoms with Crippen LogP contribution in [0.25, 0.3) is 0 Å². The van der Waals surface area contributed by atoms with Crippen LogP contribution in [0.5, 0.6) is 5.75 Å². The number of pyridine rings is 1. The molecule has 1 saturated carbocycles. The second-order valence-corrected chi connectivity index (χ2v) is 7.38. The lowest BCUT2D eigenvalue weighted by Gasteiger charge is -2.32. The van der Waals surface area contributed by atoms with Crippen molar-refractivity contribution in [3.63, 3.8) is 0 Å². The Hall–Kier alpha value is -1.27. The minimum absolute atomic E-state index is 0.313. The van der Waals surface area contributed by atoms with Crippen LogP contribution >= 0.6 is 0 Å². The first kappa shape index (κ1) is 15.6. The van der Waals surface area contributed by atoms with E-state index in [-0.39, 0.29) is 11.2 Å². The number of aromatic nitrogens is 1. The Bertz CT molecular complexity index is 555. The Labute approximate surface area is 133 Å². The van der Waals surface area contributed by atoms with Gasteiger partial charge in [-0.2, -0.15) is 0 Å². The molecule has 1 aliphatic carbocycles. The molecule has 5 nitrogen and oxygen atoms in total. The summed E-state index contributed by atoms with van der Waals surface area (Å²) in [7, 11) is 3.51. The van der Waals surface area contributed by atoms with E-state index in [1.165, 1.54) is 0 Å². The highest BCUT2D eigenvalue weighted by molar-refractivity contribution is 6.63. The molecule has 1 aromatic heterocycles. The summed E-state index contributed by atoms with van der Waals surface area (Å²) < 4.78 is 18.4. The summed E-state index contributed by atoms with van der Waals surface area (Å²) in [5, 5.41) is 0. The van der Waals surface area contributed by atoms with Crippen LogP contribution in [0.1, 0.15) is 40.5 Å². The Morgan fingerprint density at radius 2 is 1.77 bits per heavy atom. The zero-order chi connectivity index (χ0) is 16.1. The average molecular weight is 304 g/mol. The second kappa shape index (κ2) is 5.13. The van der Waals surface area contributed by atoms with Gasteiger partial charge in [0.1, 0.15) is 11.6 Å². The van der Waals surface area contributed by atoms with Gasteiger partial charge in [-0.05, 0) is 46.6 Å². The molecule has 0 bridgehead atoms. The smallest absolute Gasteiger partial charge is 0.489 e. The van der Waals surface area contributed by atoms with E-state index >= 15 is 0 Å². The van der Waals surface area contributed by atoms with Gasteiger partial charge >= 0.3 is 7.12 Å². The SMILES string of the molecule is CN(C)c1cc(B2OC(C)(C)C(C)(C)O2)c(OC2CC2)cn1. The van der Waals surface area contributed by atoms with E-state index in [1.807, 2.05) is 25.1 Å². The second-order valence-electron chi connectivity index (χ2n) is 7.38. The van der Waals surface area contributed by atoms with E-state index in [0.29, 0.717) is 6.10 Å². The van der Waals surface area contributed by atoms with E-state index in [9.17, 15) is 0 Å². The van der Waals surface area contributed by atoms with Gasteiger partial charge in [-0.3, -0.25) is 0 Å². The summed E-state index contributed by atoms with van der Waals surface area (Å²) in [5.74, 6) is 1.64. The molecule has 0 radical (unpaired) electrons. The fourth-order valence-corrected chi connectivity index (χ4v) is 2.31. The van der Waals surface area contributed by atoms with Gasteiger partial charge in [0.05, 0.1) is 23.5 Å². The van der Waals surface area contributed by atoms with E-state index in [4.69, 9.17) is 14.0 Å². The zero-order valence-corrected chi connectivity index (χ0v) is 14.3. The summed E-state index contributed by atoms with van der Waals surface area (Å²) in [4.78, 5) is 6.42. The average Bonchev–Trinajstić information content (AvgIpc) is 3.17. The van der Waals surface area contributed by atoms with E-state index in [2.05, 4.69) is 32.7 Å². The Kier molecular flexibility index (Phi) is 3.65. The molecular weight excluding hydrogens is 279 g/mol. The van der Waals surface area contributed by atoms with E-state index < -0.39 is 7.12 Å². The molecule has 0 spiro atoms. The van der Waals surface area contributed by atoms with Crippen molar-refractivity contribution in [3.05, 3.63) is 12.3 Å². The molecular formula is C16H25BN2O3. The van der Waals surface area contributed by atoms with Crippen molar-refractivity contribution >= 4 is 18.4 Å². The van der Waals surface area contributed by atoms with Crippen LogP contribution in [0.3, 0.4) is 0 Å². The van der Waals surface area contributed by atoms with Crippen LogP contribution in [0.2, 0.25) is 0 Å². The molecule has 1 saturated heterocycles. The molecule has 0 unspecified atom stereocenters. The third-order valence-electron chi connectivity index (χ3n) is 4.67. The quantitative estimate of drug-likeness (QED) is 0.796. The molecule has 6 heteroatoms. The number of anilines is 1. The minimum Gasteiger partial charge on any atom is -0.489 e. The van der Waals surface area contributed by atoms with Crippen molar-refractivity contribution < 1.29 is 14.0 Å². The maximum atomic E-state index is 6.18. The maximum Gasteiger partial charge on any atom is 0.498 e. The molecule has 1 aliphatic heterocycles. The zero-order valence-electron chi connectivity index (χ0n) is 14.3. The number of nitrogens with zero attached hydrogens (tertiary/aromatic N) is 2. The molecule has 0 N–H and O–H groups in total. The van der Waals surface area contributed by atoms with Crippen molar-refractivity contribution in [1.82, 2.24) is 4.98 Å². The lowest BCUT2D eigenvalue weighted by atomic mass is 9.79. The summed E-state index contributed by atoms with van der Waals surface area (Å²) in [5.41, 5.74) is 0.191. The van der Waals surface area contributed by atoms with Gasteiger partial charge in [0, 0.05) is 19.6 Å². The molecule has 2 fully saturated rings. The van der Waals surface area contributed by atoms with E-state index in [1.54, 1.807) is 6.20 Å². The Morgan fingerprint density at radius 1 is 1.18 bits per heavy atom. The predicted octanol–water partition coefficient (Wildman–Crippen LogP) is 1.99. The van der Waals surface area contributed by atoms with Crippen molar-refractivity contribution in [1.29, 1.82) is 0 Å². The summed E-state index contributed by atoms with van der Waals surface area (Å²) >= 11 is 0. The number of hydrogen-bond acceptors (Lipinski definition) is 5. The lowest BCUT2D eigenvalue weighted by Crippen LogP contribution is -2.41. The van der Waals surface area contributed by atoms with Gasteiger partial charge in [-0.1, -0.05) is 0 Å². The molecule has 2 heterocycles. The molecule has 22 heavy (non-hydrogen) atoms. The standard InChI is InChI=1S/C16H25BN2O3/c1-15(2)16(3,4)22-17(21-15)12-9-14(19(5)6)18-10-13(12)20-11-7-8-11/h9-11H,7-8H2,1-6H3. The lowest BCUT2D eigenvalue weighted by molar-refractivity contribution is 0.00578. The van der Waals surface area contributed by atoms with Crippen LogP contribution in [0, 0.1) is 0 Å². The van der Waals surface area contributed by atoms with Gasteiger partial charge in [-0.15, -0.1) is 0 Å². The normalized spacial score (nSPS) is 22.7. The minimum atomic E-state index is -0.430. The van der Waals surface area contributed by atoms with Crippen molar-refractivity contribution in [2.24, 2.45) is 0 Å². The monoisotopic (exact) mass is 304 g/mol. The van der Waals surface area contributed by atoms with Crippen molar-refractivity contribution in [2.75, 3.05) is 19.0 Å². The highest BCUT2D eigenvalue weighted by atomic mass is 16.7. The van der Waals surface area contributed by atoms with Crippen LogP contribution in [0.4, 0.5) is 5.82 Å². The summed E-state index contributed by atoms with van der Waals surface area (Å²) in [6, 6.07) is 2.00. The molecule has 120 valence electrons. The highest BCUT2D eigenvalue weighted by Gasteiger charge is 2.52. The molecule has 0 amide bonds. The largest absolute Gasteiger partial charge is 0.498 e. The fraction of sp³-hybridized carbons (Fsp3) is 0.688. The number of ether oxygens (including phenoxy) is 1. The Balaban J connectivity index is 1.95. The van der Waals surface area contributed by atoms with Crippen LogP contribution in [0.15, 0.2) is 12.3 Å². The fourth-order valence-electron chi connectivity index (χ4n) is 2.31. The molecule has 0 aromatic carbocycles. The van der Waals surface area contributed by atoms with Gasteiger partial charge in [0.25, 0.3) is 0 Å². The number of hydrogen-bond donors (Lipinski definition) is 0. The van der Waals surface area contributed by atoms with Crippen LogP contribution in [-0.4, -0.2) is 43.5 Å². The first-order valence-electron chi connectivity index (χ1n) is 7.89. The van der Waals surface area contributed by atoms with Gasteiger partial charge < -0.3 is 18.9 Å². The van der Waals surface area contributed by atoms with Gasteiger partial charge in [0.2, 0.25) is 0 Å². The van der Waals surface area contributed by atoms with Crippen LogP contribution in [-0.2, 0) is 9.31 Å². The van der Waals surface area contributed by atoms with Crippen LogP contribution < -0.4 is 15.1 Å². The predicted molar refractivity (Wildman–Crippen MR) is 87.9 cm³/mol. The molecule has 3 rings (SSSR count). The van der Waals surface area contributed by atoms with Crippen molar-refractivity contribution in [3.8, 4) is 5.75 Å². The molecule has 2 aliphatic rings. The van der Waals surface area contributed by atoms with E-state index in [0.717, 1.165) is 29.9 Å². The third kappa shape index (κ3) is 2.82. The summed E-state index contributed by atoms with van der Waals surface area (Å²) in [6.07, 6.45) is 4.32. The maximum absolute atomic E-state index is 6.18. The third-order valence-corrected chi connectivity index (χ3v) is 4.67. The topological polar surface area (TPSA) is 43.8 Å². The highest BCUT2D eigenvalue weighted by Crippen LogP contribution is 2.37. The first-order valence-corrected chi connectivity index (χ1v) is 7.89. The first-order chi connectivity index (χ1) is 10.2. The Morgan fingerprint density at radius 3 is 2.27 bits per heavy atom. The van der Waals surface area contributed by atoms with Gasteiger partial charge in [0.15, 0.2) is 0 Å². The van der Waals surface area contributed by atoms with Crippen molar-refractivity contribution in [2.45, 2.75) is 57.8 Å². The summed E-state index contributed by atoms with van der Waals surface area (Å²) in [6.45, 7) is 8.23. The number of rotatable bonds is 4. The molecule has 0 atom stereocenters. The van der Waals surface area contributed by atoms with Gasteiger partial charge in [-0.25, -0.2) is 4.98 Å². The molecule has 1 aromatic rings.